The summed E-state index contributed by atoms with van der Waals surface area (Å²) in [6.45, 7) is 2.23. The van der Waals surface area contributed by atoms with Gasteiger partial charge in [-0.3, -0.25) is 0 Å². The standard InChI is InChI=1S/C17H18N2O/c1-20-19-17(16-14-9-18-10-15(14)16)13-7-6-11-4-2-3-5-12(11)8-13/h2-8,14-16,18H,9-10H2,1H3/b19-17+. The number of rotatable bonds is 3. The Kier molecular flexibility index (Phi) is 2.74. The summed E-state index contributed by atoms with van der Waals surface area (Å²) in [4.78, 5) is 5.10. The zero-order valence-electron chi connectivity index (χ0n) is 11.5. The van der Waals surface area contributed by atoms with Crippen LogP contribution in [0.5, 0.6) is 0 Å². The molecule has 1 N–H and O–H groups in total. The number of hydrogen-bond donors (Lipinski definition) is 1. The first-order valence-corrected chi connectivity index (χ1v) is 7.19. The number of hydrogen-bond acceptors (Lipinski definition) is 3. The summed E-state index contributed by atoms with van der Waals surface area (Å²) in [6, 6.07) is 15.0. The molecule has 0 spiro atoms. The Balaban J connectivity index is 1.73. The first kappa shape index (κ1) is 11.9. The van der Waals surface area contributed by atoms with Gasteiger partial charge in [0.1, 0.15) is 7.11 Å². The molecule has 102 valence electrons. The third-order valence-electron chi connectivity index (χ3n) is 4.64. The third kappa shape index (κ3) is 1.81. The fourth-order valence-electron chi connectivity index (χ4n) is 3.58. The van der Waals surface area contributed by atoms with Crippen LogP contribution in [0.1, 0.15) is 5.56 Å². The van der Waals surface area contributed by atoms with Gasteiger partial charge in [-0.15, -0.1) is 0 Å². The van der Waals surface area contributed by atoms with E-state index in [0.29, 0.717) is 5.92 Å². The molecule has 1 saturated heterocycles. The molecule has 2 aliphatic rings. The smallest absolute Gasteiger partial charge is 0.106 e. The third-order valence-corrected chi connectivity index (χ3v) is 4.64. The maximum absolute atomic E-state index is 5.10. The van der Waals surface area contributed by atoms with Gasteiger partial charge in [-0.25, -0.2) is 0 Å². The minimum Gasteiger partial charge on any atom is -0.399 e. The van der Waals surface area contributed by atoms with Gasteiger partial charge in [-0.2, -0.15) is 0 Å². The average molecular weight is 266 g/mol. The van der Waals surface area contributed by atoms with Crippen LogP contribution in [0.25, 0.3) is 10.8 Å². The SMILES string of the molecule is CO/N=C(\c1ccc2ccccc2c1)C1C2CNCC21. The zero-order chi connectivity index (χ0) is 13.5. The number of oxime groups is 1. The molecule has 2 unspecified atom stereocenters. The van der Waals surface area contributed by atoms with Crippen molar-refractivity contribution in [2.24, 2.45) is 22.9 Å². The first-order valence-electron chi connectivity index (χ1n) is 7.19. The summed E-state index contributed by atoms with van der Waals surface area (Å²) < 4.78 is 0. The Morgan fingerprint density at radius 2 is 1.85 bits per heavy atom. The fraction of sp³-hybridized carbons (Fsp3) is 0.353. The van der Waals surface area contributed by atoms with E-state index in [9.17, 15) is 0 Å². The van der Waals surface area contributed by atoms with Crippen molar-refractivity contribution in [3.8, 4) is 0 Å². The Labute approximate surface area is 118 Å². The summed E-state index contributed by atoms with van der Waals surface area (Å²) in [5.74, 6) is 2.06. The molecule has 1 heterocycles. The van der Waals surface area contributed by atoms with E-state index in [1.807, 2.05) is 0 Å². The Morgan fingerprint density at radius 1 is 1.10 bits per heavy atom. The highest BCUT2D eigenvalue weighted by atomic mass is 16.6. The Bertz CT molecular complexity index is 669. The van der Waals surface area contributed by atoms with Crippen molar-refractivity contribution >= 4 is 16.5 Å². The van der Waals surface area contributed by atoms with E-state index >= 15 is 0 Å². The monoisotopic (exact) mass is 266 g/mol. The quantitative estimate of drug-likeness (QED) is 0.684. The van der Waals surface area contributed by atoms with E-state index in [2.05, 4.69) is 52.9 Å². The Hall–Kier alpha value is -1.87. The number of nitrogens with zero attached hydrogens (tertiary/aromatic N) is 1. The van der Waals surface area contributed by atoms with Crippen molar-refractivity contribution in [1.82, 2.24) is 5.32 Å². The molecule has 1 saturated carbocycles. The van der Waals surface area contributed by atoms with Crippen LogP contribution >= 0.6 is 0 Å². The maximum Gasteiger partial charge on any atom is 0.106 e. The van der Waals surface area contributed by atoms with Crippen molar-refractivity contribution in [2.75, 3.05) is 20.2 Å². The van der Waals surface area contributed by atoms with Gasteiger partial charge < -0.3 is 10.2 Å². The first-order chi connectivity index (χ1) is 9.88. The van der Waals surface area contributed by atoms with Crippen molar-refractivity contribution < 1.29 is 4.84 Å². The molecule has 4 rings (SSSR count). The second-order valence-electron chi connectivity index (χ2n) is 5.73. The van der Waals surface area contributed by atoms with Gasteiger partial charge in [0.15, 0.2) is 0 Å². The molecule has 1 aliphatic heterocycles. The molecule has 2 atom stereocenters. The summed E-state index contributed by atoms with van der Waals surface area (Å²) in [5, 5.41) is 10.3. The van der Waals surface area contributed by atoms with E-state index in [1.165, 1.54) is 16.3 Å². The van der Waals surface area contributed by atoms with Gasteiger partial charge in [0.2, 0.25) is 0 Å². The highest BCUT2D eigenvalue weighted by molar-refractivity contribution is 6.06. The van der Waals surface area contributed by atoms with E-state index in [-0.39, 0.29) is 0 Å². The lowest BCUT2D eigenvalue weighted by Crippen LogP contribution is -2.19. The van der Waals surface area contributed by atoms with E-state index < -0.39 is 0 Å². The van der Waals surface area contributed by atoms with Crippen LogP contribution in [0.2, 0.25) is 0 Å². The summed E-state index contributed by atoms with van der Waals surface area (Å²) >= 11 is 0. The predicted octanol–water partition coefficient (Wildman–Crippen LogP) is 2.66. The number of fused-ring (bicyclic) bond motifs is 2. The molecule has 0 amide bonds. The van der Waals surface area contributed by atoms with E-state index in [0.717, 1.165) is 30.6 Å². The van der Waals surface area contributed by atoms with Crippen molar-refractivity contribution in [3.63, 3.8) is 0 Å². The van der Waals surface area contributed by atoms with Crippen molar-refractivity contribution in [2.45, 2.75) is 0 Å². The number of benzene rings is 2. The van der Waals surface area contributed by atoms with Gasteiger partial charge >= 0.3 is 0 Å². The minimum absolute atomic E-state index is 0.567. The molecule has 2 aromatic rings. The van der Waals surface area contributed by atoms with Gasteiger partial charge in [0.05, 0.1) is 5.71 Å². The lowest BCUT2D eigenvalue weighted by molar-refractivity contribution is 0.212. The van der Waals surface area contributed by atoms with Crippen molar-refractivity contribution in [3.05, 3.63) is 48.0 Å². The van der Waals surface area contributed by atoms with Crippen LogP contribution in [0.15, 0.2) is 47.6 Å². The highest BCUT2D eigenvalue weighted by Gasteiger charge is 2.55. The van der Waals surface area contributed by atoms with Gasteiger partial charge in [-0.1, -0.05) is 41.6 Å². The van der Waals surface area contributed by atoms with Gasteiger partial charge in [-0.05, 0) is 41.8 Å². The molecular formula is C17H18N2O. The molecule has 3 nitrogen and oxygen atoms in total. The molecule has 0 aromatic heterocycles. The molecule has 20 heavy (non-hydrogen) atoms. The molecular weight excluding hydrogens is 248 g/mol. The fourth-order valence-corrected chi connectivity index (χ4v) is 3.58. The molecule has 2 fully saturated rings. The highest BCUT2D eigenvalue weighted by Crippen LogP contribution is 2.50. The lowest BCUT2D eigenvalue weighted by Gasteiger charge is -2.09. The molecule has 0 bridgehead atoms. The second-order valence-corrected chi connectivity index (χ2v) is 5.73. The van der Waals surface area contributed by atoms with Gasteiger partial charge in [0.25, 0.3) is 0 Å². The predicted molar refractivity (Wildman–Crippen MR) is 80.8 cm³/mol. The van der Waals surface area contributed by atoms with Gasteiger partial charge in [0, 0.05) is 11.5 Å². The van der Waals surface area contributed by atoms with Crippen LogP contribution in [-0.2, 0) is 4.84 Å². The molecule has 2 aromatic carbocycles. The minimum atomic E-state index is 0.567. The molecule has 3 heteroatoms. The largest absolute Gasteiger partial charge is 0.399 e. The lowest BCUT2D eigenvalue weighted by atomic mass is 10.00. The summed E-state index contributed by atoms with van der Waals surface area (Å²) in [6.07, 6.45) is 0. The van der Waals surface area contributed by atoms with Crippen LogP contribution < -0.4 is 5.32 Å². The topological polar surface area (TPSA) is 33.6 Å². The van der Waals surface area contributed by atoms with Crippen molar-refractivity contribution in [1.29, 1.82) is 0 Å². The van der Waals surface area contributed by atoms with Crippen LogP contribution in [0, 0.1) is 17.8 Å². The molecule has 1 aliphatic carbocycles. The maximum atomic E-state index is 5.10. The summed E-state index contributed by atoms with van der Waals surface area (Å²) in [5.41, 5.74) is 2.32. The average Bonchev–Trinajstić information content (AvgIpc) is 2.94. The summed E-state index contributed by atoms with van der Waals surface area (Å²) in [7, 11) is 1.64. The van der Waals surface area contributed by atoms with E-state index in [4.69, 9.17) is 4.84 Å². The number of piperidine rings is 1. The van der Waals surface area contributed by atoms with E-state index in [1.54, 1.807) is 7.11 Å². The normalized spacial score (nSPS) is 28.4. The van der Waals surface area contributed by atoms with Crippen LogP contribution in [0.3, 0.4) is 0 Å². The number of nitrogens with one attached hydrogen (secondary N) is 1. The molecule has 0 radical (unpaired) electrons. The van der Waals surface area contributed by atoms with Crippen LogP contribution in [0.4, 0.5) is 0 Å². The Morgan fingerprint density at radius 3 is 2.60 bits per heavy atom. The van der Waals surface area contributed by atoms with Crippen LogP contribution in [-0.4, -0.2) is 25.9 Å². The second kappa shape index (κ2) is 4.60. The zero-order valence-corrected chi connectivity index (χ0v) is 11.5.